The van der Waals surface area contributed by atoms with Gasteiger partial charge in [0.2, 0.25) is 0 Å². The molecule has 0 bridgehead atoms. The molecule has 1 heterocycles. The molecule has 1 aliphatic heterocycles. The molecule has 4 nitrogen and oxygen atoms in total. The van der Waals surface area contributed by atoms with Gasteiger partial charge in [-0.25, -0.2) is 0 Å². The van der Waals surface area contributed by atoms with E-state index in [-0.39, 0.29) is 0 Å². The van der Waals surface area contributed by atoms with Crippen molar-refractivity contribution in [1.29, 1.82) is 0 Å². The Hall–Kier alpha value is -7.04. The Morgan fingerprint density at radius 2 is 1.44 bits per heavy atom. The van der Waals surface area contributed by atoms with E-state index < -0.39 is 0 Å². The largest absolute Gasteiger partial charge is 0.487 e. The number of rotatable bonds is 14. The third kappa shape index (κ3) is 8.05. The number of nitrogens with zero attached hydrogens (tertiary/aromatic N) is 2. The summed E-state index contributed by atoms with van der Waals surface area (Å²) in [5, 5.41) is 7.20. The maximum absolute atomic E-state index is 7.08. The van der Waals surface area contributed by atoms with E-state index in [2.05, 4.69) is 198 Å². The smallest absolute Gasteiger partial charge is 0.150 e. The standard InChI is InChI=1S/C60H60N2O2/c1-10-15-16-22-38-63-59-43(9)26-23-29-55(59)62(52-27-19-17-18-24-41(52)7)54-37-33-47-30-34-48-53(36-32-46-31-35-49(54)57(47)56(46)48)61(51-28-21-20-25-42(51)8)50(14-5)60-45(13-4)39-44(12-3)58(64-60)40(6)11-2/h10-12,14-18,20-37H,3,13,19,38-39H2,1-2,4-9H3/b15-10-,22-16-,40-11-,50-14+. The number of hydrogen-bond acceptors (Lipinski definition) is 4. The first-order chi connectivity index (χ1) is 31.2. The van der Waals surface area contributed by atoms with Gasteiger partial charge < -0.3 is 19.3 Å². The third-order valence-corrected chi connectivity index (χ3v) is 12.7. The van der Waals surface area contributed by atoms with Crippen LogP contribution in [-0.2, 0) is 4.74 Å². The summed E-state index contributed by atoms with van der Waals surface area (Å²) in [6.07, 6.45) is 25.9. The highest BCUT2D eigenvalue weighted by Crippen LogP contribution is 2.50. The molecule has 2 aliphatic rings. The minimum Gasteiger partial charge on any atom is -0.487 e. The van der Waals surface area contributed by atoms with Gasteiger partial charge >= 0.3 is 0 Å². The van der Waals surface area contributed by atoms with Gasteiger partial charge in [0.15, 0.2) is 5.76 Å². The lowest BCUT2D eigenvalue weighted by atomic mass is 9.91. The molecule has 0 N–H and O–H groups in total. The molecule has 0 spiro atoms. The fraction of sp³-hybridized carbons (Fsp3) is 0.200. The van der Waals surface area contributed by atoms with Crippen molar-refractivity contribution < 1.29 is 9.47 Å². The van der Waals surface area contributed by atoms with Gasteiger partial charge in [-0.15, -0.1) is 0 Å². The number of hydrogen-bond donors (Lipinski definition) is 0. The van der Waals surface area contributed by atoms with E-state index in [1.165, 1.54) is 49.0 Å². The van der Waals surface area contributed by atoms with Crippen LogP contribution < -0.4 is 14.5 Å². The van der Waals surface area contributed by atoms with Crippen LogP contribution in [0.15, 0.2) is 210 Å². The van der Waals surface area contributed by atoms with Crippen molar-refractivity contribution in [2.45, 2.75) is 74.7 Å². The van der Waals surface area contributed by atoms with Crippen LogP contribution >= 0.6 is 0 Å². The monoisotopic (exact) mass is 840 g/mol. The first kappa shape index (κ1) is 43.6. The number of para-hydroxylation sites is 2. The van der Waals surface area contributed by atoms with Gasteiger partial charge in [0.1, 0.15) is 18.1 Å². The van der Waals surface area contributed by atoms with Crippen LogP contribution in [0.5, 0.6) is 5.75 Å². The zero-order valence-corrected chi connectivity index (χ0v) is 38.8. The van der Waals surface area contributed by atoms with Gasteiger partial charge in [-0.3, -0.25) is 0 Å². The molecule has 6 aromatic rings. The van der Waals surface area contributed by atoms with Crippen LogP contribution in [0.2, 0.25) is 0 Å². The second-order valence-corrected chi connectivity index (χ2v) is 16.6. The average Bonchev–Trinajstić information content (AvgIpc) is 3.54. The minimum absolute atomic E-state index is 0.460. The van der Waals surface area contributed by atoms with E-state index in [0.29, 0.717) is 6.61 Å². The molecule has 322 valence electrons. The summed E-state index contributed by atoms with van der Waals surface area (Å²) < 4.78 is 13.8. The van der Waals surface area contributed by atoms with Crippen molar-refractivity contribution in [3.8, 4) is 5.75 Å². The topological polar surface area (TPSA) is 24.9 Å². The number of benzene rings is 6. The lowest BCUT2D eigenvalue weighted by Crippen LogP contribution is -2.23. The van der Waals surface area contributed by atoms with Crippen molar-refractivity contribution in [3.63, 3.8) is 0 Å². The maximum atomic E-state index is 7.08. The second kappa shape index (κ2) is 19.1. The van der Waals surface area contributed by atoms with Crippen LogP contribution in [0.1, 0.15) is 71.9 Å². The van der Waals surface area contributed by atoms with E-state index in [4.69, 9.17) is 9.47 Å². The molecule has 4 heteroatoms. The summed E-state index contributed by atoms with van der Waals surface area (Å²) >= 11 is 0. The Bertz CT molecular complexity index is 3050. The van der Waals surface area contributed by atoms with Crippen molar-refractivity contribution in [1.82, 2.24) is 0 Å². The number of ether oxygens (including phenoxy) is 2. The Labute approximate surface area is 380 Å². The number of allylic oxidation sites excluding steroid dienone is 14. The first-order valence-corrected chi connectivity index (χ1v) is 22.7. The minimum atomic E-state index is 0.460. The zero-order valence-electron chi connectivity index (χ0n) is 38.8. The highest BCUT2D eigenvalue weighted by molar-refractivity contribution is 6.28. The first-order valence-electron chi connectivity index (χ1n) is 22.7. The van der Waals surface area contributed by atoms with E-state index in [1.54, 1.807) is 0 Å². The van der Waals surface area contributed by atoms with Crippen molar-refractivity contribution >= 4 is 55.1 Å². The molecule has 0 saturated heterocycles. The molecule has 8 rings (SSSR count). The maximum Gasteiger partial charge on any atom is 0.150 e. The molecule has 0 aromatic heterocycles. The molecule has 0 unspecified atom stereocenters. The van der Waals surface area contributed by atoms with Crippen LogP contribution in [0.3, 0.4) is 0 Å². The van der Waals surface area contributed by atoms with Gasteiger partial charge in [-0.2, -0.15) is 0 Å². The Morgan fingerprint density at radius 1 is 0.750 bits per heavy atom. The summed E-state index contributed by atoms with van der Waals surface area (Å²) in [5.41, 5.74) is 13.4. The highest BCUT2D eigenvalue weighted by atomic mass is 16.5. The SMILES string of the molecule is C=CC1=C(/C(C)=C\C)OC(/C(=C\C)N(c2ccccc2C)c2ccc3ccc4c(N(C5=CCC=CC=C5C)c5cccc(C)c5OC/C=C\C=C/C)ccc5ccc2c3c54)=C(CC)C1. The Kier molecular flexibility index (Phi) is 13.0. The molecule has 0 atom stereocenters. The zero-order chi connectivity index (χ0) is 44.9. The molecular weight excluding hydrogens is 781 g/mol. The van der Waals surface area contributed by atoms with Gasteiger partial charge in [0.25, 0.3) is 0 Å². The summed E-state index contributed by atoms with van der Waals surface area (Å²) in [6.45, 7) is 21.8. The van der Waals surface area contributed by atoms with Crippen LogP contribution in [0.25, 0.3) is 32.3 Å². The molecule has 6 aromatic carbocycles. The summed E-state index contributed by atoms with van der Waals surface area (Å²) in [7, 11) is 0. The lowest BCUT2D eigenvalue weighted by Gasteiger charge is -2.35. The van der Waals surface area contributed by atoms with Gasteiger partial charge in [0, 0.05) is 28.6 Å². The second-order valence-electron chi connectivity index (χ2n) is 16.6. The molecule has 1 aliphatic carbocycles. The van der Waals surface area contributed by atoms with Crippen LogP contribution in [0.4, 0.5) is 22.7 Å². The third-order valence-electron chi connectivity index (χ3n) is 12.7. The van der Waals surface area contributed by atoms with Gasteiger partial charge in [-0.1, -0.05) is 141 Å². The van der Waals surface area contributed by atoms with E-state index in [9.17, 15) is 0 Å². The van der Waals surface area contributed by atoms with Gasteiger partial charge in [-0.05, 0) is 147 Å². The van der Waals surface area contributed by atoms with Crippen LogP contribution in [-0.4, -0.2) is 6.61 Å². The molecule has 0 radical (unpaired) electrons. The molecule has 64 heavy (non-hydrogen) atoms. The van der Waals surface area contributed by atoms with Crippen molar-refractivity contribution in [2.75, 3.05) is 16.4 Å². The Morgan fingerprint density at radius 3 is 2.12 bits per heavy atom. The number of anilines is 4. The molecular formula is C60H60N2O2. The predicted octanol–water partition coefficient (Wildman–Crippen LogP) is 17.2. The summed E-state index contributed by atoms with van der Waals surface area (Å²) in [4.78, 5) is 4.86. The normalized spacial score (nSPS) is 15.1. The number of aryl methyl sites for hydroxylation is 2. The molecule has 0 amide bonds. The van der Waals surface area contributed by atoms with E-state index >= 15 is 0 Å². The van der Waals surface area contributed by atoms with E-state index in [1.807, 2.05) is 31.2 Å². The lowest BCUT2D eigenvalue weighted by molar-refractivity contribution is 0.301. The molecule has 0 fully saturated rings. The summed E-state index contributed by atoms with van der Waals surface area (Å²) in [6, 6.07) is 33.6. The molecule has 0 saturated carbocycles. The van der Waals surface area contributed by atoms with Crippen molar-refractivity contribution in [3.05, 3.63) is 221 Å². The highest BCUT2D eigenvalue weighted by Gasteiger charge is 2.30. The summed E-state index contributed by atoms with van der Waals surface area (Å²) in [5.74, 6) is 2.66. The predicted molar refractivity (Wildman–Crippen MR) is 275 cm³/mol. The fourth-order valence-corrected chi connectivity index (χ4v) is 9.26. The Balaban J connectivity index is 1.38. The average molecular weight is 841 g/mol. The van der Waals surface area contributed by atoms with Gasteiger partial charge in [0.05, 0.1) is 22.8 Å². The van der Waals surface area contributed by atoms with Crippen LogP contribution in [0, 0.1) is 13.8 Å². The fourth-order valence-electron chi connectivity index (χ4n) is 9.26. The van der Waals surface area contributed by atoms with E-state index in [0.717, 1.165) is 87.4 Å². The van der Waals surface area contributed by atoms with Crippen molar-refractivity contribution in [2.24, 2.45) is 0 Å². The quantitative estimate of drug-likeness (QED) is 0.0806.